The second-order valence-corrected chi connectivity index (χ2v) is 3.63. The Morgan fingerprint density at radius 3 is 2.38 bits per heavy atom. The molecular formula is C10H18N2O4. The highest BCUT2D eigenvalue weighted by Crippen LogP contribution is 2.04. The van der Waals surface area contributed by atoms with E-state index in [1.807, 2.05) is 0 Å². The summed E-state index contributed by atoms with van der Waals surface area (Å²) in [4.78, 5) is 22.9. The fraction of sp³-hybridized carbons (Fsp3) is 0.700. The van der Waals surface area contributed by atoms with E-state index in [1.54, 1.807) is 20.8 Å². The number of amides is 1. The first-order valence-electron chi connectivity index (χ1n) is 5.10. The van der Waals surface area contributed by atoms with Crippen molar-refractivity contribution in [2.45, 2.75) is 33.7 Å². The van der Waals surface area contributed by atoms with Crippen LogP contribution in [0.3, 0.4) is 0 Å². The molecule has 0 aliphatic carbocycles. The number of ether oxygens (including phenoxy) is 1. The van der Waals surface area contributed by atoms with Gasteiger partial charge in [0, 0.05) is 0 Å². The molecule has 0 unspecified atom stereocenters. The normalized spacial score (nSPS) is 13.4. The summed E-state index contributed by atoms with van der Waals surface area (Å²) < 4.78 is 4.82. The van der Waals surface area contributed by atoms with Gasteiger partial charge in [0.1, 0.15) is 11.8 Å². The first-order chi connectivity index (χ1) is 7.43. The van der Waals surface area contributed by atoms with E-state index in [0.717, 1.165) is 0 Å². The third kappa shape index (κ3) is 4.29. The molecule has 6 heteroatoms. The number of nitrogens with one attached hydrogen (secondary N) is 1. The van der Waals surface area contributed by atoms with Crippen LogP contribution < -0.4 is 5.32 Å². The number of oxime groups is 1. The van der Waals surface area contributed by atoms with E-state index in [-0.39, 0.29) is 18.2 Å². The van der Waals surface area contributed by atoms with Gasteiger partial charge in [-0.2, -0.15) is 0 Å². The highest BCUT2D eigenvalue weighted by atomic mass is 16.5. The number of carbonyl (C=O) groups is 2. The molecule has 2 N–H and O–H groups in total. The van der Waals surface area contributed by atoms with Gasteiger partial charge in [0.15, 0.2) is 0 Å². The van der Waals surface area contributed by atoms with Gasteiger partial charge in [0.25, 0.3) is 5.91 Å². The van der Waals surface area contributed by atoms with E-state index >= 15 is 0 Å². The van der Waals surface area contributed by atoms with Crippen molar-refractivity contribution >= 4 is 17.6 Å². The monoisotopic (exact) mass is 230 g/mol. The number of rotatable bonds is 5. The number of hydrogen-bond donors (Lipinski definition) is 2. The lowest BCUT2D eigenvalue weighted by atomic mass is 10.0. The van der Waals surface area contributed by atoms with Crippen molar-refractivity contribution in [1.29, 1.82) is 0 Å². The molecule has 0 radical (unpaired) electrons. The predicted octanol–water partition coefficient (Wildman–Crippen LogP) is 0.540. The summed E-state index contributed by atoms with van der Waals surface area (Å²) in [5.41, 5.74) is -0.102. The molecule has 16 heavy (non-hydrogen) atoms. The van der Waals surface area contributed by atoms with Gasteiger partial charge in [-0.3, -0.25) is 4.79 Å². The van der Waals surface area contributed by atoms with E-state index in [0.29, 0.717) is 0 Å². The fourth-order valence-corrected chi connectivity index (χ4v) is 1.02. The molecule has 1 atom stereocenters. The molecule has 0 heterocycles. The molecule has 0 saturated carbocycles. The highest BCUT2D eigenvalue weighted by molar-refractivity contribution is 6.38. The molecule has 0 saturated heterocycles. The molecule has 0 rings (SSSR count). The topological polar surface area (TPSA) is 88.0 Å². The lowest BCUT2D eigenvalue weighted by Crippen LogP contribution is -2.47. The van der Waals surface area contributed by atoms with Crippen molar-refractivity contribution in [3.8, 4) is 0 Å². The molecular weight excluding hydrogens is 212 g/mol. The zero-order chi connectivity index (χ0) is 12.7. The van der Waals surface area contributed by atoms with Gasteiger partial charge in [-0.15, -0.1) is 0 Å². The Balaban J connectivity index is 4.58. The van der Waals surface area contributed by atoms with Crippen molar-refractivity contribution < 1.29 is 19.5 Å². The van der Waals surface area contributed by atoms with E-state index < -0.39 is 17.9 Å². The van der Waals surface area contributed by atoms with Crippen LogP contribution in [0.25, 0.3) is 0 Å². The van der Waals surface area contributed by atoms with Crippen LogP contribution >= 0.6 is 0 Å². The number of carbonyl (C=O) groups excluding carboxylic acids is 2. The van der Waals surface area contributed by atoms with Crippen LogP contribution in [0.2, 0.25) is 0 Å². The van der Waals surface area contributed by atoms with Crippen molar-refractivity contribution in [2.75, 3.05) is 6.61 Å². The largest absolute Gasteiger partial charge is 0.464 e. The quantitative estimate of drug-likeness (QED) is 0.312. The van der Waals surface area contributed by atoms with Gasteiger partial charge in [0.2, 0.25) is 0 Å². The van der Waals surface area contributed by atoms with Gasteiger partial charge in [-0.05, 0) is 19.8 Å². The number of hydrogen-bond acceptors (Lipinski definition) is 5. The lowest BCUT2D eigenvalue weighted by molar-refractivity contribution is -0.148. The molecule has 6 nitrogen and oxygen atoms in total. The summed E-state index contributed by atoms with van der Waals surface area (Å²) >= 11 is 0. The van der Waals surface area contributed by atoms with E-state index in [2.05, 4.69) is 10.5 Å². The maximum absolute atomic E-state index is 11.5. The second-order valence-electron chi connectivity index (χ2n) is 3.63. The minimum atomic E-state index is -0.732. The third-order valence-corrected chi connectivity index (χ3v) is 1.97. The van der Waals surface area contributed by atoms with Gasteiger partial charge in [-0.25, -0.2) is 4.79 Å². The van der Waals surface area contributed by atoms with Crippen molar-refractivity contribution in [3.63, 3.8) is 0 Å². The van der Waals surface area contributed by atoms with Crippen LogP contribution in [-0.2, 0) is 14.3 Å². The van der Waals surface area contributed by atoms with Crippen LogP contribution in [0, 0.1) is 5.92 Å². The van der Waals surface area contributed by atoms with Crippen molar-refractivity contribution in [2.24, 2.45) is 11.1 Å². The molecule has 0 spiro atoms. The van der Waals surface area contributed by atoms with Crippen LogP contribution in [-0.4, -0.2) is 35.4 Å². The standard InChI is InChI=1S/C10H18N2O4/c1-5-16-10(14)8(6(2)3)11-9(13)7(4)12-15/h6,8,15H,5H2,1-4H3,(H,11,13)/b12-7+/t8-/m0/s1. The number of nitrogens with zero attached hydrogens (tertiary/aromatic N) is 1. The molecule has 0 fully saturated rings. The SMILES string of the molecule is CCOC(=O)[C@@H](NC(=O)/C(C)=N/O)C(C)C. The first kappa shape index (κ1) is 14.4. The summed E-state index contributed by atoms with van der Waals surface area (Å²) in [6.07, 6.45) is 0. The summed E-state index contributed by atoms with van der Waals surface area (Å²) in [7, 11) is 0. The van der Waals surface area contributed by atoms with E-state index in [9.17, 15) is 9.59 Å². The van der Waals surface area contributed by atoms with E-state index in [1.165, 1.54) is 6.92 Å². The van der Waals surface area contributed by atoms with Gasteiger partial charge >= 0.3 is 5.97 Å². The van der Waals surface area contributed by atoms with Crippen LogP contribution in [0.5, 0.6) is 0 Å². The Hall–Kier alpha value is -1.59. The maximum Gasteiger partial charge on any atom is 0.328 e. The number of esters is 1. The average Bonchev–Trinajstić information content (AvgIpc) is 2.23. The summed E-state index contributed by atoms with van der Waals surface area (Å²) in [6, 6.07) is -0.732. The second kappa shape index (κ2) is 6.81. The lowest BCUT2D eigenvalue weighted by Gasteiger charge is -2.20. The molecule has 0 aliphatic heterocycles. The van der Waals surface area contributed by atoms with Gasteiger partial charge in [0.05, 0.1) is 6.61 Å². The third-order valence-electron chi connectivity index (χ3n) is 1.97. The Morgan fingerprint density at radius 1 is 1.44 bits per heavy atom. The fourth-order valence-electron chi connectivity index (χ4n) is 1.02. The van der Waals surface area contributed by atoms with Crippen LogP contribution in [0.15, 0.2) is 5.16 Å². The smallest absolute Gasteiger partial charge is 0.328 e. The van der Waals surface area contributed by atoms with E-state index in [4.69, 9.17) is 9.94 Å². The molecule has 0 aromatic carbocycles. The zero-order valence-electron chi connectivity index (χ0n) is 9.98. The summed E-state index contributed by atoms with van der Waals surface area (Å²) in [5, 5.41) is 13.6. The van der Waals surface area contributed by atoms with Crippen molar-refractivity contribution in [1.82, 2.24) is 5.32 Å². The Morgan fingerprint density at radius 2 is 2.00 bits per heavy atom. The van der Waals surface area contributed by atoms with Gasteiger partial charge in [-0.1, -0.05) is 19.0 Å². The molecule has 0 aliphatic rings. The highest BCUT2D eigenvalue weighted by Gasteiger charge is 2.26. The minimum absolute atomic E-state index is 0.102. The molecule has 0 aromatic rings. The average molecular weight is 230 g/mol. The summed E-state index contributed by atoms with van der Waals surface area (Å²) in [5.74, 6) is -1.18. The zero-order valence-corrected chi connectivity index (χ0v) is 9.98. The van der Waals surface area contributed by atoms with Crippen LogP contribution in [0.4, 0.5) is 0 Å². The molecule has 0 aromatic heterocycles. The minimum Gasteiger partial charge on any atom is -0.464 e. The maximum atomic E-state index is 11.5. The first-order valence-corrected chi connectivity index (χ1v) is 5.10. The predicted molar refractivity (Wildman–Crippen MR) is 58.3 cm³/mol. The Labute approximate surface area is 94.7 Å². The molecule has 1 amide bonds. The summed E-state index contributed by atoms with van der Waals surface area (Å²) in [6.45, 7) is 6.86. The van der Waals surface area contributed by atoms with Crippen LogP contribution in [0.1, 0.15) is 27.7 Å². The molecule has 92 valence electrons. The Bertz CT molecular complexity index is 287. The Kier molecular flexibility index (Phi) is 6.14. The van der Waals surface area contributed by atoms with Gasteiger partial charge < -0.3 is 15.3 Å². The van der Waals surface area contributed by atoms with Crippen molar-refractivity contribution in [3.05, 3.63) is 0 Å². The molecule has 0 bridgehead atoms.